The molecule has 5 heteroatoms. The lowest BCUT2D eigenvalue weighted by Crippen LogP contribution is -2.36. The van der Waals surface area contributed by atoms with E-state index in [4.69, 9.17) is 4.74 Å². The number of aromatic nitrogens is 2. The zero-order chi connectivity index (χ0) is 17.7. The third-order valence-electron chi connectivity index (χ3n) is 6.20. The Kier molecular flexibility index (Phi) is 3.85. The molecule has 3 aliphatic heterocycles. The minimum atomic E-state index is 0.0610. The van der Waals surface area contributed by atoms with Crippen LogP contribution in [0.15, 0.2) is 23.0 Å². The van der Waals surface area contributed by atoms with Crippen molar-refractivity contribution in [3.05, 3.63) is 56.8 Å². The van der Waals surface area contributed by atoms with Crippen molar-refractivity contribution in [2.45, 2.75) is 64.1 Å². The molecule has 1 aromatic carbocycles. The van der Waals surface area contributed by atoms with E-state index in [9.17, 15) is 4.79 Å². The maximum Gasteiger partial charge on any atom is 0.254 e. The largest absolute Gasteiger partial charge is 0.493 e. The van der Waals surface area contributed by atoms with Gasteiger partial charge in [-0.15, -0.1) is 0 Å². The van der Waals surface area contributed by atoms with Gasteiger partial charge in [0.1, 0.15) is 11.6 Å². The second kappa shape index (κ2) is 6.23. The van der Waals surface area contributed by atoms with Crippen LogP contribution in [0.3, 0.4) is 0 Å². The number of aromatic amines is 1. The van der Waals surface area contributed by atoms with Crippen molar-refractivity contribution in [2.75, 3.05) is 6.61 Å². The highest BCUT2D eigenvalue weighted by Crippen LogP contribution is 2.34. The highest BCUT2D eigenvalue weighted by atomic mass is 16.5. The van der Waals surface area contributed by atoms with E-state index < -0.39 is 0 Å². The summed E-state index contributed by atoms with van der Waals surface area (Å²) in [5.41, 5.74) is 4.68. The molecule has 136 valence electrons. The van der Waals surface area contributed by atoms with Crippen molar-refractivity contribution < 1.29 is 4.74 Å². The molecule has 26 heavy (non-hydrogen) atoms. The third-order valence-corrected chi connectivity index (χ3v) is 6.20. The van der Waals surface area contributed by atoms with Crippen molar-refractivity contribution in [3.8, 4) is 5.75 Å². The quantitative estimate of drug-likeness (QED) is 0.903. The molecule has 5 nitrogen and oxygen atoms in total. The summed E-state index contributed by atoms with van der Waals surface area (Å²) in [4.78, 5) is 22.6. The topological polar surface area (TPSA) is 58.2 Å². The molecule has 4 heterocycles. The summed E-state index contributed by atoms with van der Waals surface area (Å²) in [6.07, 6.45) is 6.30. The zero-order valence-corrected chi connectivity index (χ0v) is 15.3. The fourth-order valence-electron chi connectivity index (χ4n) is 4.94. The van der Waals surface area contributed by atoms with Gasteiger partial charge in [-0.2, -0.15) is 0 Å². The first-order valence-corrected chi connectivity index (χ1v) is 9.76. The second-order valence-corrected chi connectivity index (χ2v) is 7.94. The minimum Gasteiger partial charge on any atom is -0.493 e. The Morgan fingerprint density at radius 1 is 1.27 bits per heavy atom. The SMILES string of the molecule is Cc1nc2c(c(=O)[nH]1)C[C@@H]1CC[C@H](C2)N1Cc1ccc2c(c1)CCCO2. The summed E-state index contributed by atoms with van der Waals surface area (Å²) in [6.45, 7) is 3.66. The van der Waals surface area contributed by atoms with Crippen molar-refractivity contribution >= 4 is 0 Å². The lowest BCUT2D eigenvalue weighted by Gasteiger charge is -2.28. The van der Waals surface area contributed by atoms with Gasteiger partial charge in [0.15, 0.2) is 0 Å². The van der Waals surface area contributed by atoms with Gasteiger partial charge in [0.25, 0.3) is 5.56 Å². The van der Waals surface area contributed by atoms with Gasteiger partial charge in [-0.3, -0.25) is 9.69 Å². The monoisotopic (exact) mass is 351 g/mol. The molecule has 0 spiro atoms. The molecular formula is C21H25N3O2. The lowest BCUT2D eigenvalue weighted by atomic mass is 9.98. The summed E-state index contributed by atoms with van der Waals surface area (Å²) in [5, 5.41) is 0. The van der Waals surface area contributed by atoms with E-state index in [1.165, 1.54) is 24.0 Å². The molecule has 0 radical (unpaired) electrons. The Balaban J connectivity index is 1.43. The maximum atomic E-state index is 12.4. The fraction of sp³-hybridized carbons (Fsp3) is 0.524. The molecule has 0 saturated carbocycles. The van der Waals surface area contributed by atoms with Gasteiger partial charge >= 0.3 is 0 Å². The van der Waals surface area contributed by atoms with E-state index in [0.717, 1.165) is 61.7 Å². The van der Waals surface area contributed by atoms with Crippen molar-refractivity contribution in [3.63, 3.8) is 0 Å². The van der Waals surface area contributed by atoms with Crippen molar-refractivity contribution in [1.82, 2.24) is 14.9 Å². The summed E-state index contributed by atoms with van der Waals surface area (Å²) >= 11 is 0. The van der Waals surface area contributed by atoms with Crippen molar-refractivity contribution in [1.29, 1.82) is 0 Å². The van der Waals surface area contributed by atoms with Crippen LogP contribution < -0.4 is 10.3 Å². The normalized spacial score (nSPS) is 24.5. The van der Waals surface area contributed by atoms with E-state index in [1.54, 1.807) is 0 Å². The van der Waals surface area contributed by atoms with Gasteiger partial charge in [0.2, 0.25) is 0 Å². The Bertz CT molecular complexity index is 905. The van der Waals surface area contributed by atoms with Crippen LogP contribution in [0.25, 0.3) is 0 Å². The van der Waals surface area contributed by atoms with Gasteiger partial charge < -0.3 is 9.72 Å². The van der Waals surface area contributed by atoms with E-state index in [1.807, 2.05) is 6.92 Å². The average Bonchev–Trinajstić information content (AvgIpc) is 2.90. The highest BCUT2D eigenvalue weighted by Gasteiger charge is 2.38. The molecule has 3 aliphatic rings. The van der Waals surface area contributed by atoms with E-state index in [2.05, 4.69) is 33.1 Å². The molecule has 1 saturated heterocycles. The van der Waals surface area contributed by atoms with Crippen molar-refractivity contribution in [2.24, 2.45) is 0 Å². The molecule has 1 N–H and O–H groups in total. The molecule has 1 fully saturated rings. The van der Waals surface area contributed by atoms with Gasteiger partial charge in [0.05, 0.1) is 12.3 Å². The number of hydrogen-bond donors (Lipinski definition) is 1. The summed E-state index contributed by atoms with van der Waals surface area (Å²) < 4.78 is 5.75. The predicted molar refractivity (Wildman–Crippen MR) is 99.6 cm³/mol. The number of aryl methyl sites for hydroxylation is 2. The molecule has 1 aromatic heterocycles. The van der Waals surface area contributed by atoms with E-state index >= 15 is 0 Å². The molecule has 5 rings (SSSR count). The van der Waals surface area contributed by atoms with Crippen LogP contribution in [0.5, 0.6) is 5.75 Å². The van der Waals surface area contributed by atoms with Crippen LogP contribution in [0.1, 0.15) is 47.5 Å². The fourth-order valence-corrected chi connectivity index (χ4v) is 4.94. The number of hydrogen-bond acceptors (Lipinski definition) is 4. The van der Waals surface area contributed by atoms with Gasteiger partial charge in [-0.25, -0.2) is 4.98 Å². The first-order chi connectivity index (χ1) is 12.7. The highest BCUT2D eigenvalue weighted by molar-refractivity contribution is 5.38. The van der Waals surface area contributed by atoms with Crippen LogP contribution in [-0.2, 0) is 25.8 Å². The molecule has 0 amide bonds. The number of benzene rings is 1. The van der Waals surface area contributed by atoms with Crippen LogP contribution in [-0.4, -0.2) is 33.6 Å². The van der Waals surface area contributed by atoms with Crippen LogP contribution in [0.4, 0.5) is 0 Å². The van der Waals surface area contributed by atoms with Gasteiger partial charge in [0, 0.05) is 30.6 Å². The lowest BCUT2D eigenvalue weighted by molar-refractivity contribution is 0.187. The average molecular weight is 351 g/mol. The second-order valence-electron chi connectivity index (χ2n) is 7.94. The third kappa shape index (κ3) is 2.75. The molecule has 2 aromatic rings. The number of H-pyrrole nitrogens is 1. The minimum absolute atomic E-state index is 0.0610. The van der Waals surface area contributed by atoms with E-state index in [-0.39, 0.29) is 5.56 Å². The Morgan fingerprint density at radius 2 is 2.12 bits per heavy atom. The predicted octanol–water partition coefficient (Wildman–Crippen LogP) is 2.54. The van der Waals surface area contributed by atoms with Crippen LogP contribution in [0.2, 0.25) is 0 Å². The summed E-state index contributed by atoms with van der Waals surface area (Å²) in [5.74, 6) is 1.78. The zero-order valence-electron chi connectivity index (χ0n) is 15.3. The number of nitrogens with one attached hydrogen (secondary N) is 1. The smallest absolute Gasteiger partial charge is 0.254 e. The number of nitrogens with zero attached hydrogens (tertiary/aromatic N) is 2. The molecule has 0 unspecified atom stereocenters. The van der Waals surface area contributed by atoms with Crippen LogP contribution >= 0.6 is 0 Å². The standard InChI is InChI=1S/C21H25N3O2/c1-13-22-19-11-17-6-5-16(10-18(19)21(25)23-13)24(17)12-14-4-7-20-15(9-14)3-2-8-26-20/h4,7,9,16-17H,2-3,5-6,8,10-12H2,1H3,(H,22,23,25)/t16-,17+/m0/s1. The summed E-state index contributed by atoms with van der Waals surface area (Å²) in [6, 6.07) is 7.59. The Hall–Kier alpha value is -2.14. The summed E-state index contributed by atoms with van der Waals surface area (Å²) in [7, 11) is 0. The molecule has 2 bridgehead atoms. The first-order valence-electron chi connectivity index (χ1n) is 9.76. The first kappa shape index (κ1) is 16.1. The Morgan fingerprint density at radius 3 is 3.00 bits per heavy atom. The number of rotatable bonds is 2. The van der Waals surface area contributed by atoms with Gasteiger partial charge in [-0.1, -0.05) is 12.1 Å². The van der Waals surface area contributed by atoms with E-state index in [0.29, 0.717) is 12.1 Å². The maximum absolute atomic E-state index is 12.4. The number of ether oxygens (including phenoxy) is 1. The van der Waals surface area contributed by atoms with Crippen LogP contribution in [0, 0.1) is 6.92 Å². The molecule has 0 aliphatic carbocycles. The Labute approximate surface area is 153 Å². The molecular weight excluding hydrogens is 326 g/mol. The number of fused-ring (bicyclic) bond motifs is 4. The molecule has 2 atom stereocenters. The van der Waals surface area contributed by atoms with Gasteiger partial charge in [-0.05, 0) is 56.2 Å².